The van der Waals surface area contributed by atoms with Crippen LogP contribution in [-0.2, 0) is 20.7 Å². The largest absolute Gasteiger partial charge is 0.810 e. The van der Waals surface area contributed by atoms with E-state index in [1.165, 1.54) is 11.8 Å². The molecule has 1 fully saturated rings. The Labute approximate surface area is 217 Å². The predicted molar refractivity (Wildman–Crippen MR) is 137 cm³/mol. The van der Waals surface area contributed by atoms with Crippen LogP contribution in [0.1, 0.15) is 37.7 Å². The molecule has 0 aromatic heterocycles. The van der Waals surface area contributed by atoms with Gasteiger partial charge in [0.1, 0.15) is 24.4 Å². The molecule has 1 aliphatic rings. The van der Waals surface area contributed by atoms with E-state index in [1.807, 2.05) is 18.2 Å². The second-order valence-corrected chi connectivity index (χ2v) is 9.16. The summed E-state index contributed by atoms with van der Waals surface area (Å²) in [5.74, 6) is -0.298. The third kappa shape index (κ3) is 10.1. The highest BCUT2D eigenvalue weighted by molar-refractivity contribution is 5.81. The molecule has 37 heavy (non-hydrogen) atoms. The quantitative estimate of drug-likeness (QED) is 0.112. The van der Waals surface area contributed by atoms with E-state index in [4.69, 9.17) is 9.47 Å². The Morgan fingerprint density at radius 2 is 1.86 bits per heavy atom. The molecule has 0 radical (unpaired) electrons. The van der Waals surface area contributed by atoms with Crippen molar-refractivity contribution >= 4 is 12.1 Å². The summed E-state index contributed by atoms with van der Waals surface area (Å²) in [4.78, 5) is 12.6. The van der Waals surface area contributed by atoms with E-state index in [9.17, 15) is 35.7 Å². The number of nitrogens with zero attached hydrogens (tertiary/aromatic N) is 1. The molecule has 0 aliphatic carbocycles. The molecule has 0 bridgehead atoms. The maximum absolute atomic E-state index is 12.6. The molecule has 1 heterocycles. The van der Waals surface area contributed by atoms with E-state index in [0.717, 1.165) is 25.5 Å². The van der Waals surface area contributed by atoms with Gasteiger partial charge in [-0.3, -0.25) is 4.79 Å². The van der Waals surface area contributed by atoms with Crippen LogP contribution >= 0.6 is 0 Å². The number of benzene rings is 1. The van der Waals surface area contributed by atoms with Gasteiger partial charge in [-0.2, -0.15) is 6.21 Å². The molecule has 7 atom stereocenters. The highest BCUT2D eigenvalue weighted by Gasteiger charge is 2.44. The number of rotatable bonds is 16. The average Bonchev–Trinajstić information content (AvgIpc) is 2.90. The zero-order valence-corrected chi connectivity index (χ0v) is 21.1. The summed E-state index contributed by atoms with van der Waals surface area (Å²) >= 11 is 0. The van der Waals surface area contributed by atoms with E-state index in [1.54, 1.807) is 7.05 Å². The summed E-state index contributed by atoms with van der Waals surface area (Å²) in [5, 5.41) is 65.2. The van der Waals surface area contributed by atoms with Crippen LogP contribution in [0.2, 0.25) is 0 Å². The second kappa shape index (κ2) is 16.5. The van der Waals surface area contributed by atoms with E-state index < -0.39 is 49.5 Å². The van der Waals surface area contributed by atoms with Crippen molar-refractivity contribution in [3.05, 3.63) is 53.1 Å². The minimum Gasteiger partial charge on any atom is -0.810 e. The van der Waals surface area contributed by atoms with E-state index in [2.05, 4.69) is 22.8 Å². The van der Waals surface area contributed by atoms with Gasteiger partial charge in [0.2, 0.25) is 5.91 Å². The van der Waals surface area contributed by atoms with Crippen molar-refractivity contribution in [2.24, 2.45) is 0 Å². The fourth-order valence-corrected chi connectivity index (χ4v) is 4.09. The number of aliphatic hydroxyl groups is 5. The molecule has 1 aliphatic heterocycles. The lowest BCUT2D eigenvalue weighted by Crippen LogP contribution is -2.60. The molecule has 5 unspecified atom stereocenters. The normalized spacial score (nSPS) is 25.8. The molecule has 208 valence electrons. The highest BCUT2D eigenvalue weighted by atomic mass is 16.7. The van der Waals surface area contributed by atoms with Crippen molar-refractivity contribution in [1.82, 2.24) is 10.6 Å². The van der Waals surface area contributed by atoms with Gasteiger partial charge in [0.25, 0.3) is 0 Å². The highest BCUT2D eigenvalue weighted by Crippen LogP contribution is 2.22. The molecular formula is C26H40N3O8-. The summed E-state index contributed by atoms with van der Waals surface area (Å²) in [6, 6.07) is 9.14. The average molecular weight is 523 g/mol. The molecule has 1 aromatic rings. The van der Waals surface area contributed by atoms with Crippen LogP contribution < -0.4 is 10.6 Å². The van der Waals surface area contributed by atoms with Crippen molar-refractivity contribution in [2.45, 2.75) is 81.4 Å². The third-order valence-electron chi connectivity index (χ3n) is 6.25. The summed E-state index contributed by atoms with van der Waals surface area (Å²) < 4.78 is 10.9. The van der Waals surface area contributed by atoms with Crippen LogP contribution in [0.15, 0.2) is 42.1 Å². The molecule has 11 heteroatoms. The number of amides is 1. The number of aryl methyl sites for hydroxylation is 1. The van der Waals surface area contributed by atoms with Gasteiger partial charge in [0, 0.05) is 19.9 Å². The molecule has 0 spiro atoms. The molecule has 1 saturated heterocycles. The van der Waals surface area contributed by atoms with Crippen molar-refractivity contribution < 1.29 is 39.8 Å². The van der Waals surface area contributed by atoms with Gasteiger partial charge in [-0.1, -0.05) is 42.3 Å². The lowest BCUT2D eigenvalue weighted by Gasteiger charge is -2.40. The molecule has 2 rings (SSSR count). The molecule has 1 aromatic carbocycles. The smallest absolute Gasteiger partial charge is 0.220 e. The zero-order valence-electron chi connectivity index (χ0n) is 21.1. The zero-order chi connectivity index (χ0) is 27.2. The van der Waals surface area contributed by atoms with Gasteiger partial charge in [-0.25, -0.2) is 0 Å². The van der Waals surface area contributed by atoms with Gasteiger partial charge in [0.05, 0.1) is 25.4 Å². The van der Waals surface area contributed by atoms with Gasteiger partial charge in [-0.05, 0) is 31.0 Å². The minimum absolute atomic E-state index is 0.0165. The van der Waals surface area contributed by atoms with E-state index in [0.29, 0.717) is 12.0 Å². The monoisotopic (exact) mass is 522 g/mol. The van der Waals surface area contributed by atoms with Crippen LogP contribution in [0.25, 0.3) is 5.41 Å². The SMILES string of the molecule is CN/C=C(\C=[N-])C[C@@H](O)[C@H](COC1OC(CO)C(O)C(O)C1O)NC(=O)CCCCCc1ccccc1. The first kappa shape index (κ1) is 30.8. The number of hydrogen-bond donors (Lipinski definition) is 7. The molecule has 7 N–H and O–H groups in total. The van der Waals surface area contributed by atoms with Crippen molar-refractivity contribution in [2.75, 3.05) is 20.3 Å². The number of nitrogens with one attached hydrogen (secondary N) is 2. The fourth-order valence-electron chi connectivity index (χ4n) is 4.09. The molecule has 0 saturated carbocycles. The van der Waals surface area contributed by atoms with E-state index >= 15 is 0 Å². The van der Waals surface area contributed by atoms with Crippen LogP contribution in [0.5, 0.6) is 0 Å². The lowest BCUT2D eigenvalue weighted by atomic mass is 9.99. The number of aliphatic hydroxyl groups excluding tert-OH is 5. The first-order valence-corrected chi connectivity index (χ1v) is 12.6. The van der Waals surface area contributed by atoms with Crippen LogP contribution in [0, 0.1) is 0 Å². The van der Waals surface area contributed by atoms with Crippen molar-refractivity contribution in [1.29, 1.82) is 0 Å². The van der Waals surface area contributed by atoms with Gasteiger partial charge >= 0.3 is 0 Å². The Morgan fingerprint density at radius 1 is 1.14 bits per heavy atom. The Bertz CT molecular complexity index is 838. The van der Waals surface area contributed by atoms with Crippen molar-refractivity contribution in [3.8, 4) is 0 Å². The van der Waals surface area contributed by atoms with Crippen LogP contribution in [-0.4, -0.2) is 101 Å². The first-order chi connectivity index (χ1) is 17.8. The summed E-state index contributed by atoms with van der Waals surface area (Å²) in [6.07, 6.45) is -2.55. The van der Waals surface area contributed by atoms with Gasteiger partial charge < -0.3 is 51.0 Å². The Hall–Kier alpha value is -2.38. The van der Waals surface area contributed by atoms with Crippen LogP contribution in [0.4, 0.5) is 0 Å². The van der Waals surface area contributed by atoms with E-state index in [-0.39, 0.29) is 25.4 Å². The van der Waals surface area contributed by atoms with Gasteiger partial charge in [0.15, 0.2) is 6.29 Å². The number of unbranched alkanes of at least 4 members (excludes halogenated alkanes) is 2. The number of carbonyl (C=O) groups is 1. The number of hydrogen-bond acceptors (Lipinski definition) is 9. The molecular weight excluding hydrogens is 482 g/mol. The Kier molecular flexibility index (Phi) is 13.7. The first-order valence-electron chi connectivity index (χ1n) is 12.6. The lowest BCUT2D eigenvalue weighted by molar-refractivity contribution is -0.302. The maximum Gasteiger partial charge on any atom is 0.220 e. The minimum atomic E-state index is -1.61. The third-order valence-corrected chi connectivity index (χ3v) is 6.25. The predicted octanol–water partition coefficient (Wildman–Crippen LogP) is -0.415. The molecule has 1 amide bonds. The number of carbonyl (C=O) groups excluding carboxylic acids is 1. The summed E-state index contributed by atoms with van der Waals surface area (Å²) in [6.45, 7) is -0.912. The molecule has 11 nitrogen and oxygen atoms in total. The summed E-state index contributed by atoms with van der Waals surface area (Å²) in [7, 11) is 1.63. The fraction of sp³-hybridized carbons (Fsp3) is 0.615. The van der Waals surface area contributed by atoms with Gasteiger partial charge in [-0.15, -0.1) is 0 Å². The van der Waals surface area contributed by atoms with Crippen molar-refractivity contribution in [3.63, 3.8) is 0 Å². The number of ether oxygens (including phenoxy) is 2. The standard InChI is InChI=1S/C26H40N3O8/c1-28-14-18(13-27)12-20(31)19(16-36-26-25(35)24(34)23(33)21(15-30)37-26)29-22(32)11-7-3-6-10-17-8-4-2-5-9-17/h2,4-5,8-9,13-14,19-21,23-26,28,30-31,33-35H,3,6-7,10-12,15-16H2,1H3,(H,29,32)/q-1/b18-14-/t19-,20+,21?,23?,24?,25?,26?/m0/s1. The Morgan fingerprint density at radius 3 is 2.51 bits per heavy atom. The van der Waals surface area contributed by atoms with Crippen LogP contribution in [0.3, 0.4) is 0 Å². The topological polar surface area (TPSA) is 183 Å². The maximum atomic E-state index is 12.6. The Balaban J connectivity index is 1.93. The second-order valence-electron chi connectivity index (χ2n) is 9.16. The summed E-state index contributed by atoms with van der Waals surface area (Å²) in [5.41, 5.74) is 1.62.